The molecule has 2 aromatic heterocycles. The summed E-state index contributed by atoms with van der Waals surface area (Å²) in [4.78, 5) is 16.2. The first kappa shape index (κ1) is 21.6. The number of alkyl halides is 3. The molecular weight excluding hydrogens is 399 g/mol. The summed E-state index contributed by atoms with van der Waals surface area (Å²) in [5, 5.41) is 5.87. The molecule has 160 valence electrons. The van der Waals surface area contributed by atoms with Gasteiger partial charge in [0.2, 0.25) is 5.91 Å². The zero-order valence-corrected chi connectivity index (χ0v) is 16.7. The van der Waals surface area contributed by atoms with Crippen LogP contribution >= 0.6 is 0 Å². The first-order valence-corrected chi connectivity index (χ1v) is 9.64. The van der Waals surface area contributed by atoms with Gasteiger partial charge in [-0.05, 0) is 43.5 Å². The molecule has 6 nitrogen and oxygen atoms in total. The molecular formula is C21H22F3N3O3. The fourth-order valence-electron chi connectivity index (χ4n) is 3.09. The van der Waals surface area contributed by atoms with Crippen LogP contribution in [-0.4, -0.2) is 22.7 Å². The van der Waals surface area contributed by atoms with Crippen LogP contribution in [0.3, 0.4) is 0 Å². The molecule has 0 saturated carbocycles. The van der Waals surface area contributed by atoms with E-state index < -0.39 is 11.9 Å². The van der Waals surface area contributed by atoms with Crippen molar-refractivity contribution in [3.05, 3.63) is 47.3 Å². The second-order valence-corrected chi connectivity index (χ2v) is 6.87. The van der Waals surface area contributed by atoms with E-state index >= 15 is 0 Å². The molecule has 1 aromatic carbocycles. The van der Waals surface area contributed by atoms with E-state index in [1.54, 1.807) is 12.3 Å². The Bertz CT molecular complexity index is 1030. The number of ether oxygens (including phenoxy) is 1. The summed E-state index contributed by atoms with van der Waals surface area (Å²) < 4.78 is 50.0. The summed E-state index contributed by atoms with van der Waals surface area (Å²) in [6.45, 7) is 4.00. The van der Waals surface area contributed by atoms with Gasteiger partial charge in [-0.1, -0.05) is 24.6 Å². The van der Waals surface area contributed by atoms with Crippen molar-refractivity contribution < 1.29 is 27.2 Å². The van der Waals surface area contributed by atoms with E-state index in [0.29, 0.717) is 36.4 Å². The number of nitrogens with one attached hydrogen (secondary N) is 1. The van der Waals surface area contributed by atoms with Crippen LogP contribution in [-0.2, 0) is 17.4 Å². The van der Waals surface area contributed by atoms with Crippen molar-refractivity contribution in [2.24, 2.45) is 0 Å². The van der Waals surface area contributed by atoms with Crippen LogP contribution < -0.4 is 10.1 Å². The van der Waals surface area contributed by atoms with Gasteiger partial charge in [-0.25, -0.2) is 4.98 Å². The van der Waals surface area contributed by atoms with E-state index in [4.69, 9.17) is 9.26 Å². The van der Waals surface area contributed by atoms with E-state index in [2.05, 4.69) is 15.5 Å². The largest absolute Gasteiger partial charge is 0.493 e. The predicted molar refractivity (Wildman–Crippen MR) is 105 cm³/mol. The third-order valence-electron chi connectivity index (χ3n) is 4.54. The van der Waals surface area contributed by atoms with Gasteiger partial charge >= 0.3 is 6.18 Å². The highest BCUT2D eigenvalue weighted by atomic mass is 19.4. The molecule has 0 spiro atoms. The molecule has 0 fully saturated rings. The Morgan fingerprint density at radius 2 is 2.07 bits per heavy atom. The number of carbonyl (C=O) groups is 1. The summed E-state index contributed by atoms with van der Waals surface area (Å²) in [5.41, 5.74) is 0.462. The molecule has 0 aliphatic rings. The molecule has 0 atom stereocenters. The van der Waals surface area contributed by atoms with Crippen LogP contribution in [0.25, 0.3) is 11.0 Å². The fourth-order valence-corrected chi connectivity index (χ4v) is 3.09. The molecule has 0 aliphatic heterocycles. The number of hydrogen-bond acceptors (Lipinski definition) is 5. The number of fused-ring (bicyclic) bond motifs is 1. The summed E-state index contributed by atoms with van der Waals surface area (Å²) in [5.74, 6) is 0.773. The van der Waals surface area contributed by atoms with Crippen molar-refractivity contribution in [3.63, 3.8) is 0 Å². The zero-order chi connectivity index (χ0) is 21.7. The van der Waals surface area contributed by atoms with Crippen LogP contribution in [0.15, 0.2) is 35.0 Å². The average molecular weight is 421 g/mol. The highest BCUT2D eigenvalue weighted by Crippen LogP contribution is 2.38. The smallest absolute Gasteiger partial charge is 0.437 e. The van der Waals surface area contributed by atoms with Gasteiger partial charge in [0.15, 0.2) is 11.3 Å². The predicted octanol–water partition coefficient (Wildman–Crippen LogP) is 5.30. The third kappa shape index (κ3) is 4.90. The highest BCUT2D eigenvalue weighted by molar-refractivity contribution is 5.90. The van der Waals surface area contributed by atoms with Gasteiger partial charge in [-0.2, -0.15) is 13.2 Å². The molecule has 0 radical (unpaired) electrons. The number of hydrogen-bond donors (Lipinski definition) is 1. The molecule has 30 heavy (non-hydrogen) atoms. The lowest BCUT2D eigenvalue weighted by Gasteiger charge is -2.12. The second kappa shape index (κ2) is 9.15. The number of pyridine rings is 1. The number of halogens is 3. The van der Waals surface area contributed by atoms with E-state index in [0.717, 1.165) is 5.56 Å². The molecule has 0 saturated heterocycles. The van der Waals surface area contributed by atoms with Gasteiger partial charge < -0.3 is 14.6 Å². The normalized spacial score (nSPS) is 11.6. The van der Waals surface area contributed by atoms with Gasteiger partial charge in [0, 0.05) is 18.2 Å². The number of rotatable bonds is 8. The molecule has 3 rings (SSSR count). The Labute approximate surface area is 171 Å². The molecule has 2 heterocycles. The van der Waals surface area contributed by atoms with Crippen molar-refractivity contribution >= 4 is 22.7 Å². The number of aryl methyl sites for hydroxylation is 2. The number of nitrogens with zero attached hydrogens (tertiary/aromatic N) is 2. The number of aromatic nitrogens is 2. The number of benzene rings is 1. The van der Waals surface area contributed by atoms with Crippen LogP contribution in [0.4, 0.5) is 19.0 Å². The topological polar surface area (TPSA) is 77.2 Å². The minimum Gasteiger partial charge on any atom is -0.493 e. The van der Waals surface area contributed by atoms with Crippen molar-refractivity contribution in [1.29, 1.82) is 0 Å². The van der Waals surface area contributed by atoms with Gasteiger partial charge in [0.1, 0.15) is 11.6 Å². The van der Waals surface area contributed by atoms with Crippen LogP contribution in [0.2, 0.25) is 0 Å². The number of anilines is 1. The average Bonchev–Trinajstić information content (AvgIpc) is 3.13. The maximum Gasteiger partial charge on any atom is 0.437 e. The second-order valence-electron chi connectivity index (χ2n) is 6.87. The highest BCUT2D eigenvalue weighted by Gasteiger charge is 2.37. The van der Waals surface area contributed by atoms with Crippen LogP contribution in [0, 0.1) is 6.92 Å². The zero-order valence-electron chi connectivity index (χ0n) is 16.7. The maximum atomic E-state index is 13.1. The van der Waals surface area contributed by atoms with E-state index in [1.807, 2.05) is 19.9 Å². The summed E-state index contributed by atoms with van der Waals surface area (Å²) in [6.07, 6.45) is -1.14. The minimum absolute atomic E-state index is 0.0802. The van der Waals surface area contributed by atoms with Crippen LogP contribution in [0.5, 0.6) is 5.75 Å². The Kier molecular flexibility index (Phi) is 6.59. The number of amides is 1. The lowest BCUT2D eigenvalue weighted by atomic mass is 10.0. The minimum atomic E-state index is -4.59. The Morgan fingerprint density at radius 3 is 2.77 bits per heavy atom. The molecule has 9 heteroatoms. The van der Waals surface area contributed by atoms with Gasteiger partial charge in [-0.3, -0.25) is 4.79 Å². The molecule has 0 bridgehead atoms. The number of carbonyl (C=O) groups excluding carboxylic acids is 1. The molecule has 1 N–H and O–H groups in total. The van der Waals surface area contributed by atoms with Gasteiger partial charge in [-0.15, -0.1) is 0 Å². The maximum absolute atomic E-state index is 13.1. The van der Waals surface area contributed by atoms with Crippen molar-refractivity contribution in [3.8, 4) is 5.75 Å². The lowest BCUT2D eigenvalue weighted by molar-refractivity contribution is -0.141. The molecule has 1 amide bonds. The Hall–Kier alpha value is -3.10. The van der Waals surface area contributed by atoms with E-state index in [9.17, 15) is 18.0 Å². The fraction of sp³-hybridized carbons (Fsp3) is 0.381. The van der Waals surface area contributed by atoms with Gasteiger partial charge in [0.25, 0.3) is 0 Å². The third-order valence-corrected chi connectivity index (χ3v) is 4.54. The van der Waals surface area contributed by atoms with Gasteiger partial charge in [0.05, 0.1) is 12.0 Å². The molecule has 0 aliphatic carbocycles. The molecule has 3 aromatic rings. The molecule has 0 unspecified atom stereocenters. The monoisotopic (exact) mass is 421 g/mol. The van der Waals surface area contributed by atoms with Crippen molar-refractivity contribution in [1.82, 2.24) is 10.1 Å². The van der Waals surface area contributed by atoms with E-state index in [1.165, 1.54) is 12.1 Å². The van der Waals surface area contributed by atoms with Crippen LogP contribution in [0.1, 0.15) is 43.0 Å². The lowest BCUT2D eigenvalue weighted by Crippen LogP contribution is -2.14. The summed E-state index contributed by atoms with van der Waals surface area (Å²) in [7, 11) is 0. The standard InChI is InChI=1S/C21H22F3N3O3/c1-3-6-14-16(10-9-15-18(14)30-27-19(15)21(22,23)24)29-12-5-8-17(28)26-20-13(2)7-4-11-25-20/h4,7,9-11H,3,5-6,8,12H2,1-2H3,(H,25,26,28). The summed E-state index contributed by atoms with van der Waals surface area (Å²) in [6, 6.07) is 6.44. The van der Waals surface area contributed by atoms with Crippen molar-refractivity contribution in [2.45, 2.75) is 45.7 Å². The Morgan fingerprint density at radius 1 is 1.27 bits per heavy atom. The SMILES string of the molecule is CCCc1c(OCCCC(=O)Nc2ncccc2C)ccc2c(C(F)(F)F)noc12. The van der Waals surface area contributed by atoms with E-state index in [-0.39, 0.29) is 29.9 Å². The Balaban J connectivity index is 1.63. The quantitative estimate of drug-likeness (QED) is 0.500. The first-order valence-electron chi connectivity index (χ1n) is 9.64. The van der Waals surface area contributed by atoms with Crippen molar-refractivity contribution in [2.75, 3.05) is 11.9 Å². The first-order chi connectivity index (χ1) is 14.3. The summed E-state index contributed by atoms with van der Waals surface area (Å²) >= 11 is 0.